The summed E-state index contributed by atoms with van der Waals surface area (Å²) in [4.78, 5) is 8.96. The van der Waals surface area contributed by atoms with Crippen LogP contribution >= 0.6 is 0 Å². The average molecular weight is 537 g/mol. The van der Waals surface area contributed by atoms with Gasteiger partial charge in [0.1, 0.15) is 27.8 Å². The smallest absolute Gasteiger partial charge is 0.159 e. The lowest BCUT2D eigenvalue weighted by atomic mass is 9.64. The van der Waals surface area contributed by atoms with E-state index in [-0.39, 0.29) is 34.8 Å². The van der Waals surface area contributed by atoms with Gasteiger partial charge >= 0.3 is 0 Å². The van der Waals surface area contributed by atoms with Crippen LogP contribution < -0.4 is 0 Å². The van der Waals surface area contributed by atoms with Crippen molar-refractivity contribution in [3.05, 3.63) is 83.2 Å². The summed E-state index contributed by atoms with van der Waals surface area (Å²) in [5, 5.41) is 13.5. The van der Waals surface area contributed by atoms with Crippen molar-refractivity contribution in [1.29, 1.82) is 0 Å². The van der Waals surface area contributed by atoms with Crippen LogP contribution in [0.2, 0.25) is 0 Å². The molecule has 0 unspecified atom stereocenters. The second kappa shape index (κ2) is 8.45. The Morgan fingerprint density at radius 1 is 1.08 bits per heavy atom. The zero-order valence-electron chi connectivity index (χ0n) is 21.2. The maximum atomic E-state index is 14.6. The van der Waals surface area contributed by atoms with Gasteiger partial charge in [0.15, 0.2) is 11.6 Å². The summed E-state index contributed by atoms with van der Waals surface area (Å²) < 4.78 is 53.9. The third-order valence-corrected chi connectivity index (χ3v) is 9.25. The number of nitrogens with zero attached hydrogens (tertiary/aromatic N) is 6. The van der Waals surface area contributed by atoms with Crippen molar-refractivity contribution in [3.8, 4) is 17.1 Å². The first-order valence-corrected chi connectivity index (χ1v) is 14.5. The minimum Gasteiger partial charge on any atom is -0.237 e. The Hall–Kier alpha value is -3.60. The van der Waals surface area contributed by atoms with Gasteiger partial charge in [-0.3, -0.25) is 0 Å². The van der Waals surface area contributed by atoms with Crippen molar-refractivity contribution in [3.63, 3.8) is 0 Å². The Labute approximate surface area is 219 Å². The van der Waals surface area contributed by atoms with E-state index in [2.05, 4.69) is 39.1 Å². The number of hydrogen-bond donors (Lipinski definition) is 0. The maximum Gasteiger partial charge on any atom is 0.159 e. The molecule has 0 N–H and O–H groups in total. The molecule has 6 rings (SSSR count). The van der Waals surface area contributed by atoms with E-state index in [1.807, 2.05) is 12.1 Å². The molecule has 1 fully saturated rings. The molecule has 38 heavy (non-hydrogen) atoms. The Balaban J connectivity index is 1.48. The molecular formula is C27H26F2N6O2S. The van der Waals surface area contributed by atoms with Gasteiger partial charge in [-0.1, -0.05) is 26.0 Å². The lowest BCUT2D eigenvalue weighted by Gasteiger charge is -2.39. The second-order valence-electron chi connectivity index (χ2n) is 10.7. The summed E-state index contributed by atoms with van der Waals surface area (Å²) in [7, 11) is -3.15. The molecule has 2 bridgehead atoms. The fourth-order valence-corrected chi connectivity index (χ4v) is 7.04. The van der Waals surface area contributed by atoms with E-state index in [0.29, 0.717) is 11.6 Å². The highest BCUT2D eigenvalue weighted by Gasteiger charge is 2.65. The van der Waals surface area contributed by atoms with Crippen molar-refractivity contribution in [2.45, 2.75) is 44.4 Å². The van der Waals surface area contributed by atoms with Gasteiger partial charge in [-0.25, -0.2) is 31.8 Å². The first kappa shape index (κ1) is 24.7. The molecule has 2 aliphatic carbocycles. The van der Waals surface area contributed by atoms with Crippen LogP contribution in [0.4, 0.5) is 8.78 Å². The lowest BCUT2D eigenvalue weighted by molar-refractivity contribution is 0.247. The summed E-state index contributed by atoms with van der Waals surface area (Å²) in [5.41, 5.74) is 1.77. The Morgan fingerprint density at radius 2 is 1.84 bits per heavy atom. The third-order valence-electron chi connectivity index (χ3n) is 8.30. The largest absolute Gasteiger partial charge is 0.237 e. The maximum absolute atomic E-state index is 14.6. The zero-order valence-corrected chi connectivity index (χ0v) is 22.0. The Kier molecular flexibility index (Phi) is 5.50. The van der Waals surface area contributed by atoms with Crippen molar-refractivity contribution in [1.82, 2.24) is 29.9 Å². The zero-order chi connectivity index (χ0) is 26.9. The molecule has 196 valence electrons. The van der Waals surface area contributed by atoms with Crippen molar-refractivity contribution >= 4 is 9.84 Å². The van der Waals surface area contributed by atoms with Crippen LogP contribution in [0.15, 0.2) is 48.9 Å². The highest BCUT2D eigenvalue weighted by Crippen LogP contribution is 2.70. The molecule has 0 saturated heterocycles. The van der Waals surface area contributed by atoms with E-state index in [1.165, 1.54) is 24.5 Å². The van der Waals surface area contributed by atoms with Gasteiger partial charge in [-0.05, 0) is 54.0 Å². The first-order chi connectivity index (χ1) is 18.0. The lowest BCUT2D eigenvalue weighted by Crippen LogP contribution is -2.38. The molecule has 8 nitrogen and oxygen atoms in total. The van der Waals surface area contributed by atoms with E-state index < -0.39 is 26.9 Å². The molecule has 0 amide bonds. The van der Waals surface area contributed by atoms with Gasteiger partial charge < -0.3 is 0 Å². The number of halogens is 2. The average Bonchev–Trinajstić information content (AvgIpc) is 3.50. The summed E-state index contributed by atoms with van der Waals surface area (Å²) in [6.07, 6.45) is 6.29. The van der Waals surface area contributed by atoms with Gasteiger partial charge in [0, 0.05) is 29.9 Å². The van der Waals surface area contributed by atoms with Crippen molar-refractivity contribution in [2.75, 3.05) is 12.0 Å². The SMILES string of the molecule is CC1(C)[C@H]2CC[C@]1(c1cccnc1-n1cnc(CCS(C)(=O)=O)n1)c1nnc(-c3c(F)cccc3F)cc12. The number of fused-ring (bicyclic) bond motifs is 5. The number of benzene rings is 1. The summed E-state index contributed by atoms with van der Waals surface area (Å²) in [6, 6.07) is 9.42. The van der Waals surface area contributed by atoms with E-state index in [4.69, 9.17) is 0 Å². The molecule has 4 aromatic rings. The number of hydrogen-bond acceptors (Lipinski definition) is 7. The second-order valence-corrected chi connectivity index (χ2v) is 13.0. The topological polar surface area (TPSA) is 104 Å². The van der Waals surface area contributed by atoms with E-state index in [0.717, 1.165) is 29.7 Å². The molecule has 0 spiro atoms. The predicted molar refractivity (Wildman–Crippen MR) is 136 cm³/mol. The molecule has 0 aliphatic heterocycles. The molecular weight excluding hydrogens is 510 g/mol. The fraction of sp³-hybridized carbons (Fsp3) is 0.370. The fourth-order valence-electron chi connectivity index (χ4n) is 6.49. The Morgan fingerprint density at radius 3 is 2.58 bits per heavy atom. The van der Waals surface area contributed by atoms with Crippen LogP contribution in [-0.2, 0) is 21.7 Å². The molecule has 11 heteroatoms. The van der Waals surface area contributed by atoms with Gasteiger partial charge in [0.2, 0.25) is 0 Å². The summed E-state index contributed by atoms with van der Waals surface area (Å²) in [5.74, 6) is -0.295. The van der Waals surface area contributed by atoms with Crippen LogP contribution in [0.3, 0.4) is 0 Å². The molecule has 3 heterocycles. The standard InChI is InChI=1S/C27H26F2N6O2S/c1-26(2)17-9-11-27(26,24-16(17)14-21(32-33-24)23-19(28)7-4-8-20(23)29)18-6-5-12-30-25(18)35-15-31-22(34-35)10-13-38(3,36)37/h4-8,12,14-15,17H,9-11,13H2,1-3H3/t17-,27-/m0/s1. The van der Waals surface area contributed by atoms with Gasteiger partial charge in [0.25, 0.3) is 0 Å². The summed E-state index contributed by atoms with van der Waals surface area (Å²) >= 11 is 0. The molecule has 1 aromatic carbocycles. The van der Waals surface area contributed by atoms with Crippen LogP contribution in [0.1, 0.15) is 55.3 Å². The highest BCUT2D eigenvalue weighted by atomic mass is 32.2. The number of aryl methyl sites for hydroxylation is 1. The molecule has 1 saturated carbocycles. The molecule has 0 radical (unpaired) electrons. The molecule has 2 aliphatic rings. The molecule has 2 atom stereocenters. The molecule has 3 aromatic heterocycles. The van der Waals surface area contributed by atoms with E-state index in [9.17, 15) is 17.2 Å². The minimum absolute atomic E-state index is 0.0430. The number of aromatic nitrogens is 6. The van der Waals surface area contributed by atoms with E-state index in [1.54, 1.807) is 23.3 Å². The third kappa shape index (κ3) is 3.58. The van der Waals surface area contributed by atoms with Gasteiger partial charge in [0.05, 0.1) is 22.7 Å². The van der Waals surface area contributed by atoms with Crippen LogP contribution in [0.25, 0.3) is 17.1 Å². The van der Waals surface area contributed by atoms with Gasteiger partial charge in [-0.2, -0.15) is 5.10 Å². The highest BCUT2D eigenvalue weighted by molar-refractivity contribution is 7.90. The number of pyridine rings is 1. The van der Waals surface area contributed by atoms with E-state index >= 15 is 0 Å². The monoisotopic (exact) mass is 536 g/mol. The van der Waals surface area contributed by atoms with Crippen molar-refractivity contribution in [2.24, 2.45) is 5.41 Å². The van der Waals surface area contributed by atoms with Crippen LogP contribution in [-0.4, -0.2) is 50.4 Å². The normalized spacial score (nSPS) is 21.6. The van der Waals surface area contributed by atoms with Crippen LogP contribution in [0.5, 0.6) is 0 Å². The summed E-state index contributed by atoms with van der Waals surface area (Å²) in [6.45, 7) is 4.37. The van der Waals surface area contributed by atoms with Crippen molar-refractivity contribution < 1.29 is 17.2 Å². The predicted octanol–water partition coefficient (Wildman–Crippen LogP) is 4.19. The first-order valence-electron chi connectivity index (χ1n) is 12.4. The van der Waals surface area contributed by atoms with Crippen LogP contribution in [0, 0.1) is 17.0 Å². The number of sulfone groups is 1. The van der Waals surface area contributed by atoms with Gasteiger partial charge in [-0.15, -0.1) is 10.2 Å². The quantitative estimate of drug-likeness (QED) is 0.364. The minimum atomic E-state index is -3.15. The Bertz CT molecular complexity index is 1670. The number of rotatable bonds is 6.